The number of rotatable bonds is 2. The molecule has 0 bridgehead atoms. The van der Waals surface area contributed by atoms with Crippen LogP contribution in [-0.2, 0) is 0 Å². The molecule has 0 atom stereocenters. The second-order valence-corrected chi connectivity index (χ2v) is 2.91. The summed E-state index contributed by atoms with van der Waals surface area (Å²) in [6.07, 6.45) is -2.43. The van der Waals surface area contributed by atoms with Crippen molar-refractivity contribution in [2.45, 2.75) is 6.18 Å². The Morgan fingerprint density at radius 2 is 2.06 bits per heavy atom. The molecular weight excluding hydrogens is 219 g/mol. The molecule has 0 saturated carbocycles. The molecule has 0 aliphatic rings. The Bertz CT molecular complexity index is 469. The summed E-state index contributed by atoms with van der Waals surface area (Å²) < 4.78 is 36.3. The molecule has 2 nitrogen and oxygen atoms in total. The lowest BCUT2D eigenvalue weighted by Gasteiger charge is -2.05. The van der Waals surface area contributed by atoms with E-state index in [-0.39, 0.29) is 0 Å². The van der Waals surface area contributed by atoms with Crippen molar-refractivity contribution in [2.75, 3.05) is 0 Å². The normalized spacial score (nSPS) is 11.4. The Labute approximate surface area is 89.6 Å². The number of ketones is 1. The molecule has 0 aromatic heterocycles. The largest absolute Gasteiger partial charge is 0.454 e. The zero-order valence-corrected chi connectivity index (χ0v) is 7.95. The molecular formula is C11H6F3NO. The number of nitrogens with zero attached hydrogens (tertiary/aromatic N) is 1. The predicted molar refractivity (Wildman–Crippen MR) is 51.5 cm³/mol. The molecule has 0 radical (unpaired) electrons. The minimum absolute atomic E-state index is 0.372. The molecule has 1 aromatic carbocycles. The van der Waals surface area contributed by atoms with Crippen LogP contribution in [0.3, 0.4) is 0 Å². The SMILES string of the molecule is N#CC=Cc1cccc(C(=O)C(F)(F)F)c1. The van der Waals surface area contributed by atoms with Crippen molar-refractivity contribution in [1.29, 1.82) is 5.26 Å². The summed E-state index contributed by atoms with van der Waals surface area (Å²) in [5, 5.41) is 8.25. The smallest absolute Gasteiger partial charge is 0.284 e. The van der Waals surface area contributed by atoms with E-state index in [1.165, 1.54) is 18.2 Å². The average Bonchev–Trinajstić information content (AvgIpc) is 2.24. The lowest BCUT2D eigenvalue weighted by atomic mass is 10.1. The maximum atomic E-state index is 12.1. The van der Waals surface area contributed by atoms with Gasteiger partial charge in [0.2, 0.25) is 0 Å². The number of Topliss-reactive ketones (excluding diaryl/α,β-unsaturated/α-hetero) is 1. The lowest BCUT2D eigenvalue weighted by Crippen LogP contribution is -2.22. The number of allylic oxidation sites excluding steroid dienone is 1. The van der Waals surface area contributed by atoms with Gasteiger partial charge in [-0.1, -0.05) is 18.2 Å². The number of benzene rings is 1. The second-order valence-electron chi connectivity index (χ2n) is 2.91. The van der Waals surface area contributed by atoms with Crippen LogP contribution in [-0.4, -0.2) is 12.0 Å². The molecule has 0 spiro atoms. The van der Waals surface area contributed by atoms with Gasteiger partial charge in [0.25, 0.3) is 5.78 Å². The number of hydrogen-bond acceptors (Lipinski definition) is 2. The minimum atomic E-state index is -4.88. The zero-order chi connectivity index (χ0) is 12.2. The van der Waals surface area contributed by atoms with Gasteiger partial charge >= 0.3 is 6.18 Å². The van der Waals surface area contributed by atoms with E-state index in [1.807, 2.05) is 0 Å². The van der Waals surface area contributed by atoms with Crippen LogP contribution in [0, 0.1) is 11.3 Å². The third-order valence-corrected chi connectivity index (χ3v) is 1.76. The number of nitriles is 1. The maximum absolute atomic E-state index is 12.1. The Morgan fingerprint density at radius 3 is 2.62 bits per heavy atom. The van der Waals surface area contributed by atoms with Gasteiger partial charge < -0.3 is 0 Å². The van der Waals surface area contributed by atoms with Crippen molar-refractivity contribution in [3.05, 3.63) is 41.5 Å². The van der Waals surface area contributed by atoms with Crippen molar-refractivity contribution in [3.63, 3.8) is 0 Å². The van der Waals surface area contributed by atoms with Gasteiger partial charge in [-0.25, -0.2) is 0 Å². The molecule has 0 N–H and O–H groups in total. The molecule has 0 heterocycles. The van der Waals surface area contributed by atoms with Crippen LogP contribution in [0.2, 0.25) is 0 Å². The van der Waals surface area contributed by atoms with Crippen LogP contribution in [0.5, 0.6) is 0 Å². The van der Waals surface area contributed by atoms with Gasteiger partial charge in [-0.3, -0.25) is 4.79 Å². The van der Waals surface area contributed by atoms with Gasteiger partial charge in [0.05, 0.1) is 6.07 Å². The van der Waals surface area contributed by atoms with E-state index >= 15 is 0 Å². The number of halogens is 3. The molecule has 0 aliphatic heterocycles. The van der Waals surface area contributed by atoms with Crippen LogP contribution < -0.4 is 0 Å². The van der Waals surface area contributed by atoms with Gasteiger partial charge in [0, 0.05) is 11.6 Å². The first kappa shape index (κ1) is 12.0. The van der Waals surface area contributed by atoms with Gasteiger partial charge in [0.15, 0.2) is 0 Å². The van der Waals surface area contributed by atoms with Crippen LogP contribution in [0.4, 0.5) is 13.2 Å². The first-order valence-corrected chi connectivity index (χ1v) is 4.23. The number of carbonyl (C=O) groups is 1. The fourth-order valence-corrected chi connectivity index (χ4v) is 1.08. The van der Waals surface area contributed by atoms with Crippen molar-refractivity contribution in [3.8, 4) is 6.07 Å². The summed E-state index contributed by atoms with van der Waals surface area (Å²) in [5.74, 6) is -1.89. The third-order valence-electron chi connectivity index (χ3n) is 1.76. The van der Waals surface area contributed by atoms with E-state index in [4.69, 9.17) is 5.26 Å². The fourth-order valence-electron chi connectivity index (χ4n) is 1.08. The summed E-state index contributed by atoms with van der Waals surface area (Å²) in [6.45, 7) is 0. The van der Waals surface area contributed by atoms with Gasteiger partial charge in [-0.05, 0) is 17.7 Å². The highest BCUT2D eigenvalue weighted by Crippen LogP contribution is 2.22. The van der Waals surface area contributed by atoms with Crippen molar-refractivity contribution >= 4 is 11.9 Å². The predicted octanol–water partition coefficient (Wildman–Crippen LogP) is 2.97. The Morgan fingerprint density at radius 1 is 1.38 bits per heavy atom. The van der Waals surface area contributed by atoms with E-state index in [0.29, 0.717) is 5.56 Å². The molecule has 5 heteroatoms. The van der Waals surface area contributed by atoms with Crippen LogP contribution >= 0.6 is 0 Å². The standard InChI is InChI=1S/C11H6F3NO/c12-11(13,14)10(16)9-5-1-3-8(7-9)4-2-6-15/h1-5,7H. The van der Waals surface area contributed by atoms with Gasteiger partial charge in [-0.2, -0.15) is 18.4 Å². The monoisotopic (exact) mass is 225 g/mol. The van der Waals surface area contributed by atoms with Gasteiger partial charge in [-0.15, -0.1) is 0 Å². The van der Waals surface area contributed by atoms with Crippen LogP contribution in [0.25, 0.3) is 6.08 Å². The highest BCUT2D eigenvalue weighted by Gasteiger charge is 2.39. The molecule has 0 aliphatic carbocycles. The highest BCUT2D eigenvalue weighted by atomic mass is 19.4. The Hall–Kier alpha value is -2.09. The van der Waals surface area contributed by atoms with E-state index in [1.54, 1.807) is 6.07 Å². The summed E-state index contributed by atoms with van der Waals surface area (Å²) >= 11 is 0. The molecule has 1 aromatic rings. The Kier molecular flexibility index (Phi) is 3.46. The first-order valence-electron chi connectivity index (χ1n) is 4.23. The molecule has 0 amide bonds. The summed E-state index contributed by atoms with van der Waals surface area (Å²) in [7, 11) is 0. The number of carbonyl (C=O) groups excluding carboxylic acids is 1. The van der Waals surface area contributed by atoms with Crippen LogP contribution in [0.1, 0.15) is 15.9 Å². The van der Waals surface area contributed by atoms with Crippen molar-refractivity contribution in [2.24, 2.45) is 0 Å². The summed E-state index contributed by atoms with van der Waals surface area (Å²) in [4.78, 5) is 10.9. The fraction of sp³-hybridized carbons (Fsp3) is 0.0909. The van der Waals surface area contributed by atoms with E-state index in [9.17, 15) is 18.0 Å². The van der Waals surface area contributed by atoms with E-state index in [2.05, 4.69) is 0 Å². The van der Waals surface area contributed by atoms with Crippen molar-refractivity contribution in [1.82, 2.24) is 0 Å². The summed E-state index contributed by atoms with van der Waals surface area (Å²) in [5.41, 5.74) is -0.0655. The third kappa shape index (κ3) is 2.95. The molecule has 0 fully saturated rings. The molecule has 16 heavy (non-hydrogen) atoms. The van der Waals surface area contributed by atoms with E-state index < -0.39 is 17.5 Å². The lowest BCUT2D eigenvalue weighted by molar-refractivity contribution is -0.0885. The highest BCUT2D eigenvalue weighted by molar-refractivity contribution is 6.00. The zero-order valence-electron chi connectivity index (χ0n) is 7.95. The number of hydrogen-bond donors (Lipinski definition) is 0. The molecule has 0 saturated heterocycles. The molecule has 0 unspecified atom stereocenters. The van der Waals surface area contributed by atoms with Crippen molar-refractivity contribution < 1.29 is 18.0 Å². The first-order chi connectivity index (χ1) is 7.45. The number of alkyl halides is 3. The quantitative estimate of drug-likeness (QED) is 0.573. The Balaban J connectivity index is 3.05. The van der Waals surface area contributed by atoms with E-state index in [0.717, 1.165) is 18.2 Å². The molecule has 1 rings (SSSR count). The van der Waals surface area contributed by atoms with Crippen LogP contribution in [0.15, 0.2) is 30.3 Å². The average molecular weight is 225 g/mol. The molecule has 82 valence electrons. The maximum Gasteiger partial charge on any atom is 0.454 e. The topological polar surface area (TPSA) is 40.9 Å². The second kappa shape index (κ2) is 4.62. The minimum Gasteiger partial charge on any atom is -0.284 e. The summed E-state index contributed by atoms with van der Waals surface area (Å²) in [6, 6.07) is 6.71. The van der Waals surface area contributed by atoms with Gasteiger partial charge in [0.1, 0.15) is 0 Å².